The predicted octanol–water partition coefficient (Wildman–Crippen LogP) is 4.55. The van der Waals surface area contributed by atoms with Gasteiger partial charge in [-0.3, -0.25) is 0 Å². The van der Waals surface area contributed by atoms with Gasteiger partial charge in [0.25, 0.3) is 0 Å². The van der Waals surface area contributed by atoms with Crippen molar-refractivity contribution in [3.05, 3.63) is 64.1 Å². The van der Waals surface area contributed by atoms with Crippen LogP contribution in [0.15, 0.2) is 57.9 Å². The molecule has 18 heavy (non-hydrogen) atoms. The lowest BCUT2D eigenvalue weighted by Crippen LogP contribution is -2.10. The van der Waals surface area contributed by atoms with E-state index in [2.05, 4.69) is 65.3 Å². The molecule has 0 aliphatic carbocycles. The number of thioether (sulfide) groups is 1. The van der Waals surface area contributed by atoms with Gasteiger partial charge in [0.05, 0.1) is 0 Å². The van der Waals surface area contributed by atoms with Crippen molar-refractivity contribution in [3.8, 4) is 0 Å². The van der Waals surface area contributed by atoms with Gasteiger partial charge in [-0.2, -0.15) is 0 Å². The smallest absolute Gasteiger partial charge is 0.0478 e. The van der Waals surface area contributed by atoms with Crippen LogP contribution in [0.25, 0.3) is 0 Å². The molecule has 0 aromatic heterocycles. The Morgan fingerprint density at radius 1 is 1.11 bits per heavy atom. The van der Waals surface area contributed by atoms with Crippen molar-refractivity contribution in [3.63, 3.8) is 0 Å². The Morgan fingerprint density at radius 2 is 1.78 bits per heavy atom. The number of halogens is 1. The third-order valence-electron chi connectivity index (χ3n) is 2.83. The minimum Gasteiger partial charge on any atom is -0.329 e. The van der Waals surface area contributed by atoms with Crippen LogP contribution < -0.4 is 5.73 Å². The third-order valence-corrected chi connectivity index (χ3v) is 4.99. The van der Waals surface area contributed by atoms with Gasteiger partial charge in [-0.25, -0.2) is 0 Å². The van der Waals surface area contributed by atoms with Crippen LogP contribution in [-0.2, 0) is 0 Å². The Morgan fingerprint density at radius 3 is 2.44 bits per heavy atom. The van der Waals surface area contributed by atoms with Crippen molar-refractivity contribution >= 4 is 27.7 Å². The Labute approximate surface area is 121 Å². The fourth-order valence-corrected chi connectivity index (χ4v) is 3.68. The van der Waals surface area contributed by atoms with E-state index < -0.39 is 0 Å². The van der Waals surface area contributed by atoms with E-state index in [1.54, 1.807) is 0 Å². The van der Waals surface area contributed by atoms with Crippen LogP contribution in [0.4, 0.5) is 0 Å². The van der Waals surface area contributed by atoms with Crippen LogP contribution in [-0.4, -0.2) is 6.54 Å². The van der Waals surface area contributed by atoms with Gasteiger partial charge in [0, 0.05) is 21.2 Å². The molecule has 0 bridgehead atoms. The fourth-order valence-electron chi connectivity index (χ4n) is 1.82. The number of hydrogen-bond donors (Lipinski definition) is 1. The monoisotopic (exact) mass is 321 g/mol. The molecule has 0 aliphatic heterocycles. The maximum absolute atomic E-state index is 5.93. The van der Waals surface area contributed by atoms with Gasteiger partial charge in [0.2, 0.25) is 0 Å². The van der Waals surface area contributed by atoms with Gasteiger partial charge in [-0.1, -0.05) is 52.3 Å². The van der Waals surface area contributed by atoms with Crippen molar-refractivity contribution in [2.75, 3.05) is 6.54 Å². The van der Waals surface area contributed by atoms with Crippen molar-refractivity contribution in [2.24, 2.45) is 5.73 Å². The quantitative estimate of drug-likeness (QED) is 0.836. The van der Waals surface area contributed by atoms with Crippen LogP contribution in [0.5, 0.6) is 0 Å². The molecule has 2 aromatic rings. The van der Waals surface area contributed by atoms with E-state index in [-0.39, 0.29) is 5.25 Å². The van der Waals surface area contributed by atoms with E-state index in [1.807, 2.05) is 17.8 Å². The molecule has 0 saturated carbocycles. The van der Waals surface area contributed by atoms with Gasteiger partial charge >= 0.3 is 0 Å². The van der Waals surface area contributed by atoms with Gasteiger partial charge in [-0.15, -0.1) is 11.8 Å². The molecule has 1 nitrogen and oxygen atoms in total. The van der Waals surface area contributed by atoms with Crippen LogP contribution in [0, 0.1) is 6.92 Å². The van der Waals surface area contributed by atoms with E-state index in [9.17, 15) is 0 Å². The molecule has 2 N–H and O–H groups in total. The van der Waals surface area contributed by atoms with Crippen LogP contribution >= 0.6 is 27.7 Å². The highest BCUT2D eigenvalue weighted by Gasteiger charge is 2.14. The molecule has 0 heterocycles. The Kier molecular flexibility index (Phi) is 4.87. The van der Waals surface area contributed by atoms with Gasteiger partial charge < -0.3 is 5.73 Å². The van der Waals surface area contributed by atoms with E-state index in [0.29, 0.717) is 6.54 Å². The molecule has 0 fully saturated rings. The molecule has 0 spiro atoms. The summed E-state index contributed by atoms with van der Waals surface area (Å²) in [4.78, 5) is 1.30. The number of aryl methyl sites for hydroxylation is 1. The van der Waals surface area contributed by atoms with E-state index in [1.165, 1.54) is 16.0 Å². The Balaban J connectivity index is 2.26. The summed E-state index contributed by atoms with van der Waals surface area (Å²) in [5, 5.41) is 0.279. The first-order chi connectivity index (χ1) is 8.72. The standard InChI is InChI=1S/C15H16BrNS/c1-11-6-2-5-9-14(11)18-15(10-17)12-7-3-4-8-13(12)16/h2-9,15H,10,17H2,1H3. The SMILES string of the molecule is Cc1ccccc1SC(CN)c1ccccc1Br. The zero-order valence-corrected chi connectivity index (χ0v) is 12.7. The molecule has 1 atom stereocenters. The van der Waals surface area contributed by atoms with Crippen molar-refractivity contribution in [1.29, 1.82) is 0 Å². The molecule has 2 rings (SSSR count). The zero-order valence-electron chi connectivity index (χ0n) is 10.3. The van der Waals surface area contributed by atoms with Crippen molar-refractivity contribution < 1.29 is 0 Å². The van der Waals surface area contributed by atoms with Crippen LogP contribution in [0.3, 0.4) is 0 Å². The lowest BCUT2D eigenvalue weighted by atomic mass is 10.1. The minimum absolute atomic E-state index is 0.279. The Bertz CT molecular complexity index is 527. The average molecular weight is 322 g/mol. The predicted molar refractivity (Wildman–Crippen MR) is 83.0 cm³/mol. The van der Waals surface area contributed by atoms with Crippen LogP contribution in [0.2, 0.25) is 0 Å². The molecule has 0 amide bonds. The lowest BCUT2D eigenvalue weighted by Gasteiger charge is -2.17. The molecule has 0 radical (unpaired) electrons. The summed E-state index contributed by atoms with van der Waals surface area (Å²) in [6.07, 6.45) is 0. The van der Waals surface area contributed by atoms with E-state index >= 15 is 0 Å². The topological polar surface area (TPSA) is 26.0 Å². The first-order valence-electron chi connectivity index (χ1n) is 5.89. The molecule has 2 aromatic carbocycles. The first-order valence-corrected chi connectivity index (χ1v) is 7.56. The number of nitrogens with two attached hydrogens (primary N) is 1. The first kappa shape index (κ1) is 13.7. The minimum atomic E-state index is 0.279. The molecule has 0 aliphatic rings. The highest BCUT2D eigenvalue weighted by atomic mass is 79.9. The maximum Gasteiger partial charge on any atom is 0.0478 e. The molecular weight excluding hydrogens is 306 g/mol. The van der Waals surface area contributed by atoms with E-state index in [0.717, 1.165) is 4.47 Å². The second-order valence-corrected chi connectivity index (χ2v) is 6.23. The largest absolute Gasteiger partial charge is 0.329 e. The highest BCUT2D eigenvalue weighted by molar-refractivity contribution is 9.10. The van der Waals surface area contributed by atoms with Crippen molar-refractivity contribution in [2.45, 2.75) is 17.1 Å². The van der Waals surface area contributed by atoms with E-state index in [4.69, 9.17) is 5.73 Å². The second kappa shape index (κ2) is 6.41. The summed E-state index contributed by atoms with van der Waals surface area (Å²) < 4.78 is 1.13. The summed E-state index contributed by atoms with van der Waals surface area (Å²) in [6, 6.07) is 16.7. The number of rotatable bonds is 4. The lowest BCUT2D eigenvalue weighted by molar-refractivity contribution is 0.935. The number of benzene rings is 2. The second-order valence-electron chi connectivity index (χ2n) is 4.13. The highest BCUT2D eigenvalue weighted by Crippen LogP contribution is 2.38. The zero-order chi connectivity index (χ0) is 13.0. The summed E-state index contributed by atoms with van der Waals surface area (Å²) >= 11 is 5.43. The summed E-state index contributed by atoms with van der Waals surface area (Å²) in [6.45, 7) is 2.76. The fraction of sp³-hybridized carbons (Fsp3) is 0.200. The molecule has 0 saturated heterocycles. The molecular formula is C15H16BrNS. The van der Waals surface area contributed by atoms with Crippen LogP contribution in [0.1, 0.15) is 16.4 Å². The normalized spacial score (nSPS) is 12.4. The van der Waals surface area contributed by atoms with Crippen molar-refractivity contribution in [1.82, 2.24) is 0 Å². The summed E-state index contributed by atoms with van der Waals surface area (Å²) in [5.41, 5.74) is 8.49. The molecule has 94 valence electrons. The molecule has 3 heteroatoms. The number of hydrogen-bond acceptors (Lipinski definition) is 2. The Hall–Kier alpha value is -0.770. The van der Waals surface area contributed by atoms with Gasteiger partial charge in [0.1, 0.15) is 0 Å². The summed E-state index contributed by atoms with van der Waals surface area (Å²) in [5.74, 6) is 0. The maximum atomic E-state index is 5.93. The van der Waals surface area contributed by atoms with Gasteiger partial charge in [0.15, 0.2) is 0 Å². The summed E-state index contributed by atoms with van der Waals surface area (Å²) in [7, 11) is 0. The average Bonchev–Trinajstić information content (AvgIpc) is 2.39. The third kappa shape index (κ3) is 3.16. The molecule has 1 unspecified atom stereocenters. The van der Waals surface area contributed by atoms with Gasteiger partial charge in [-0.05, 0) is 30.2 Å².